The highest BCUT2D eigenvalue weighted by Crippen LogP contribution is 2.31. The lowest BCUT2D eigenvalue weighted by atomic mass is 10.1. The monoisotopic (exact) mass is 404 g/mol. The molecule has 0 unspecified atom stereocenters. The molecule has 3 aromatic rings. The molecular weight excluding hydrogens is 379 g/mol. The van der Waals surface area contributed by atoms with Crippen LogP contribution in [-0.4, -0.2) is 22.6 Å². The van der Waals surface area contributed by atoms with Crippen LogP contribution in [0.15, 0.2) is 60.6 Å². The number of nitrogens with one attached hydrogen (secondary N) is 1. The van der Waals surface area contributed by atoms with E-state index in [2.05, 4.69) is 51.1 Å². The van der Waals surface area contributed by atoms with Gasteiger partial charge in [0.25, 0.3) is 0 Å². The van der Waals surface area contributed by atoms with Gasteiger partial charge in [-0.2, -0.15) is 0 Å². The van der Waals surface area contributed by atoms with Crippen LogP contribution < -0.4 is 10.2 Å². The van der Waals surface area contributed by atoms with Crippen LogP contribution in [-0.2, 0) is 31.4 Å². The van der Waals surface area contributed by atoms with Gasteiger partial charge in [-0.15, -0.1) is 0 Å². The van der Waals surface area contributed by atoms with Gasteiger partial charge in [-0.3, -0.25) is 4.98 Å². The quantitative estimate of drug-likeness (QED) is 0.708. The van der Waals surface area contributed by atoms with Gasteiger partial charge in [0.1, 0.15) is 18.2 Å². The van der Waals surface area contributed by atoms with E-state index in [9.17, 15) is 4.39 Å². The molecule has 2 aliphatic heterocycles. The fraction of sp³-hybridized carbons (Fsp3) is 0.292. The van der Waals surface area contributed by atoms with Crippen LogP contribution in [0.5, 0.6) is 0 Å². The lowest BCUT2D eigenvalue weighted by Gasteiger charge is -2.23. The summed E-state index contributed by atoms with van der Waals surface area (Å²) in [5.41, 5.74) is 6.04. The summed E-state index contributed by atoms with van der Waals surface area (Å²) in [5.74, 6) is 0.462. The molecule has 0 spiro atoms. The fourth-order valence-electron chi connectivity index (χ4n) is 4.26. The number of aromatic nitrogens is 2. The molecule has 0 fully saturated rings. The van der Waals surface area contributed by atoms with E-state index in [4.69, 9.17) is 4.74 Å². The number of ether oxygens (including phenoxy) is 1. The molecule has 5 nitrogen and oxygen atoms in total. The Kier molecular flexibility index (Phi) is 5.01. The minimum absolute atomic E-state index is 0.325. The van der Waals surface area contributed by atoms with Gasteiger partial charge < -0.3 is 19.5 Å². The number of pyridine rings is 1. The summed E-state index contributed by atoms with van der Waals surface area (Å²) in [6.07, 6.45) is 9.59. The van der Waals surface area contributed by atoms with Crippen molar-refractivity contribution in [2.24, 2.45) is 7.05 Å². The second-order valence-electron chi connectivity index (χ2n) is 7.80. The molecule has 1 N–H and O–H groups in total. The van der Waals surface area contributed by atoms with Gasteiger partial charge in [0.15, 0.2) is 0 Å². The Bertz CT molecular complexity index is 1130. The van der Waals surface area contributed by atoms with E-state index in [1.807, 2.05) is 12.3 Å². The molecule has 0 saturated heterocycles. The number of aryl methyl sites for hydroxylation is 2. The molecule has 0 amide bonds. The summed E-state index contributed by atoms with van der Waals surface area (Å²) in [7, 11) is 2.17. The molecule has 0 saturated carbocycles. The number of fused-ring (bicyclic) bond motifs is 3. The van der Waals surface area contributed by atoms with Crippen LogP contribution in [0.3, 0.4) is 0 Å². The predicted molar refractivity (Wildman–Crippen MR) is 116 cm³/mol. The number of halogens is 1. The standard InChI is InChI=1S/C24H25FN4O/c1-28-23-13-19(6-7-22(23)21-3-2-10-26-15-24(21)28)29-11-8-20(9-12-29)30-16-18-5-4-17(25)14-27-18/h4-9,11,13-14,26H,2-3,10,12,15-16H2,1H3. The SMILES string of the molecule is Cn1c2c(c3ccc(N4C=CC(OCc5ccc(F)cn5)=CC4)cc31)CCCNC2. The number of anilines is 1. The summed E-state index contributed by atoms with van der Waals surface area (Å²) in [4.78, 5) is 6.23. The highest BCUT2D eigenvalue weighted by atomic mass is 19.1. The first-order valence-corrected chi connectivity index (χ1v) is 10.4. The van der Waals surface area contributed by atoms with E-state index in [1.54, 1.807) is 6.07 Å². The van der Waals surface area contributed by atoms with Crippen LogP contribution in [0.25, 0.3) is 10.9 Å². The van der Waals surface area contributed by atoms with Gasteiger partial charge in [0.2, 0.25) is 0 Å². The van der Waals surface area contributed by atoms with Crippen molar-refractivity contribution in [1.29, 1.82) is 0 Å². The van der Waals surface area contributed by atoms with Gasteiger partial charge in [0, 0.05) is 43.1 Å². The van der Waals surface area contributed by atoms with E-state index in [0.717, 1.165) is 37.5 Å². The van der Waals surface area contributed by atoms with Crippen LogP contribution >= 0.6 is 0 Å². The highest BCUT2D eigenvalue weighted by molar-refractivity contribution is 5.88. The van der Waals surface area contributed by atoms with Crippen molar-refractivity contribution in [2.45, 2.75) is 26.0 Å². The van der Waals surface area contributed by atoms with Gasteiger partial charge in [-0.05, 0) is 61.4 Å². The summed E-state index contributed by atoms with van der Waals surface area (Å²) in [6.45, 7) is 3.08. The van der Waals surface area contributed by atoms with Gasteiger partial charge in [-0.25, -0.2) is 4.39 Å². The second-order valence-corrected chi connectivity index (χ2v) is 7.80. The molecule has 0 radical (unpaired) electrons. The molecule has 5 rings (SSSR count). The zero-order valence-corrected chi connectivity index (χ0v) is 17.1. The van der Waals surface area contributed by atoms with Gasteiger partial charge >= 0.3 is 0 Å². The first-order chi connectivity index (χ1) is 14.7. The lowest BCUT2D eigenvalue weighted by molar-refractivity contribution is 0.205. The van der Waals surface area contributed by atoms with E-state index in [0.29, 0.717) is 12.3 Å². The van der Waals surface area contributed by atoms with Crippen molar-refractivity contribution >= 4 is 16.6 Å². The third kappa shape index (κ3) is 3.59. The molecule has 4 heterocycles. The fourth-order valence-corrected chi connectivity index (χ4v) is 4.26. The smallest absolute Gasteiger partial charge is 0.141 e. The Labute approximate surface area is 175 Å². The van der Waals surface area contributed by atoms with Crippen LogP contribution in [0.1, 0.15) is 23.4 Å². The van der Waals surface area contributed by atoms with E-state index < -0.39 is 0 Å². The topological polar surface area (TPSA) is 42.3 Å². The Morgan fingerprint density at radius 2 is 2.17 bits per heavy atom. The highest BCUT2D eigenvalue weighted by Gasteiger charge is 2.18. The zero-order valence-electron chi connectivity index (χ0n) is 17.1. The molecule has 2 aliphatic rings. The van der Waals surface area contributed by atoms with E-state index >= 15 is 0 Å². The minimum Gasteiger partial charge on any atom is -0.488 e. The maximum atomic E-state index is 13.0. The molecule has 154 valence electrons. The Hall–Kier alpha value is -3.12. The number of hydrogen-bond donors (Lipinski definition) is 1. The maximum Gasteiger partial charge on any atom is 0.141 e. The Balaban J connectivity index is 1.30. The number of allylic oxidation sites excluding steroid dienone is 1. The van der Waals surface area contributed by atoms with Crippen molar-refractivity contribution < 1.29 is 9.13 Å². The first kappa shape index (κ1) is 18.9. The van der Waals surface area contributed by atoms with Crippen LogP contribution in [0.4, 0.5) is 10.1 Å². The summed E-state index contributed by atoms with van der Waals surface area (Å²) >= 11 is 0. The molecule has 2 aromatic heterocycles. The third-order valence-corrected chi connectivity index (χ3v) is 5.91. The number of rotatable bonds is 4. The van der Waals surface area contributed by atoms with Crippen LogP contribution in [0, 0.1) is 5.82 Å². The second kappa shape index (κ2) is 7.95. The van der Waals surface area contributed by atoms with Crippen molar-refractivity contribution in [2.75, 3.05) is 18.0 Å². The van der Waals surface area contributed by atoms with Crippen molar-refractivity contribution in [3.05, 3.63) is 83.4 Å². The number of hydrogen-bond acceptors (Lipinski definition) is 4. The summed E-state index contributed by atoms with van der Waals surface area (Å²) in [6, 6.07) is 9.77. The molecular formula is C24H25FN4O. The van der Waals surface area contributed by atoms with E-state index in [1.165, 1.54) is 40.8 Å². The minimum atomic E-state index is -0.339. The molecule has 1 aromatic carbocycles. The summed E-state index contributed by atoms with van der Waals surface area (Å²) < 4.78 is 21.1. The molecule has 0 bridgehead atoms. The third-order valence-electron chi connectivity index (χ3n) is 5.91. The predicted octanol–water partition coefficient (Wildman–Crippen LogP) is 4.18. The lowest BCUT2D eigenvalue weighted by Crippen LogP contribution is -2.19. The maximum absolute atomic E-state index is 13.0. The van der Waals surface area contributed by atoms with Crippen LogP contribution in [0.2, 0.25) is 0 Å². The molecule has 30 heavy (non-hydrogen) atoms. The molecule has 6 heteroatoms. The van der Waals surface area contributed by atoms with Crippen molar-refractivity contribution in [3.8, 4) is 0 Å². The van der Waals surface area contributed by atoms with Crippen molar-refractivity contribution in [1.82, 2.24) is 14.9 Å². The average Bonchev–Trinajstić information content (AvgIpc) is 2.93. The summed E-state index contributed by atoms with van der Waals surface area (Å²) in [5, 5.41) is 4.90. The molecule has 0 atom stereocenters. The molecule has 0 aliphatic carbocycles. The van der Waals surface area contributed by atoms with Gasteiger partial charge in [-0.1, -0.05) is 6.07 Å². The van der Waals surface area contributed by atoms with Crippen molar-refractivity contribution in [3.63, 3.8) is 0 Å². The normalized spacial score (nSPS) is 16.3. The number of benzene rings is 1. The largest absolute Gasteiger partial charge is 0.488 e. The first-order valence-electron chi connectivity index (χ1n) is 10.4. The Morgan fingerprint density at radius 1 is 1.23 bits per heavy atom. The average molecular weight is 404 g/mol. The van der Waals surface area contributed by atoms with E-state index in [-0.39, 0.29) is 5.82 Å². The Morgan fingerprint density at radius 3 is 2.97 bits per heavy atom. The number of nitrogens with zero attached hydrogens (tertiary/aromatic N) is 3. The van der Waals surface area contributed by atoms with Gasteiger partial charge in [0.05, 0.1) is 17.4 Å². The zero-order chi connectivity index (χ0) is 20.5.